The fraction of sp³-hybridized carbons (Fsp3) is 0.261. The molecule has 1 saturated heterocycles. The number of nitrogens with zero attached hydrogens (tertiary/aromatic N) is 6. The van der Waals surface area contributed by atoms with E-state index in [4.69, 9.17) is 14.2 Å². The topological polar surface area (TPSA) is 125 Å². The molecule has 0 aliphatic carbocycles. The lowest BCUT2D eigenvalue weighted by Gasteiger charge is -2.26. The SMILES string of the molecule is Cn1ncc(C(=O)N2CCOCC2)c1OC(=O)Nc1ccn2nc(-c3cccc(OCF)c3)nc2c1. The van der Waals surface area contributed by atoms with Crippen molar-refractivity contribution in [2.45, 2.75) is 0 Å². The highest BCUT2D eigenvalue weighted by atomic mass is 19.1. The van der Waals surface area contributed by atoms with Crippen molar-refractivity contribution in [2.24, 2.45) is 7.05 Å². The summed E-state index contributed by atoms with van der Waals surface area (Å²) < 4.78 is 31.0. The van der Waals surface area contributed by atoms with E-state index in [1.165, 1.54) is 15.4 Å². The van der Waals surface area contributed by atoms with Crippen LogP contribution in [-0.4, -0.2) is 74.4 Å². The smallest absolute Gasteiger partial charge is 0.418 e. The zero-order valence-electron chi connectivity index (χ0n) is 19.3. The summed E-state index contributed by atoms with van der Waals surface area (Å²) in [6.07, 6.45) is 2.20. The van der Waals surface area contributed by atoms with Crippen molar-refractivity contribution in [3.63, 3.8) is 0 Å². The highest BCUT2D eigenvalue weighted by Crippen LogP contribution is 2.24. The number of aryl methyl sites for hydroxylation is 1. The van der Waals surface area contributed by atoms with Crippen LogP contribution in [0.1, 0.15) is 10.4 Å². The van der Waals surface area contributed by atoms with Gasteiger partial charge in [0.25, 0.3) is 5.91 Å². The standard InChI is InChI=1S/C23H22FN7O5/c1-29-22(18(13-25-29)21(32)30-7-9-34-10-8-30)36-23(33)26-16-5-6-31-19(12-16)27-20(28-31)15-3-2-4-17(11-15)35-14-24/h2-6,11-13H,7-10,14H2,1H3,(H,26,33). The molecular weight excluding hydrogens is 473 g/mol. The monoisotopic (exact) mass is 495 g/mol. The number of hydrogen-bond acceptors (Lipinski definition) is 8. The van der Waals surface area contributed by atoms with Gasteiger partial charge in [0.15, 0.2) is 11.5 Å². The predicted octanol–water partition coefficient (Wildman–Crippen LogP) is 2.52. The maximum atomic E-state index is 12.9. The van der Waals surface area contributed by atoms with E-state index in [2.05, 4.69) is 20.5 Å². The Balaban J connectivity index is 1.30. The summed E-state index contributed by atoms with van der Waals surface area (Å²) >= 11 is 0. The molecule has 1 aliphatic heterocycles. The number of aromatic nitrogens is 5. The number of pyridine rings is 1. The van der Waals surface area contributed by atoms with Crippen LogP contribution in [0.5, 0.6) is 11.6 Å². The Hall–Kier alpha value is -4.52. The van der Waals surface area contributed by atoms with Gasteiger partial charge in [-0.2, -0.15) is 5.10 Å². The van der Waals surface area contributed by atoms with Crippen molar-refractivity contribution >= 4 is 23.3 Å². The van der Waals surface area contributed by atoms with Gasteiger partial charge in [0.05, 0.1) is 19.4 Å². The van der Waals surface area contributed by atoms with Gasteiger partial charge in [-0.3, -0.25) is 10.1 Å². The van der Waals surface area contributed by atoms with Crippen molar-refractivity contribution in [3.05, 3.63) is 54.4 Å². The number of fused-ring (bicyclic) bond motifs is 1. The number of carbonyl (C=O) groups excluding carboxylic acids is 2. The third-order valence-electron chi connectivity index (χ3n) is 5.50. The number of halogens is 1. The van der Waals surface area contributed by atoms with Crippen LogP contribution in [0.3, 0.4) is 0 Å². The minimum absolute atomic E-state index is 0.0326. The van der Waals surface area contributed by atoms with E-state index in [1.807, 2.05) is 0 Å². The Labute approximate surface area is 204 Å². The van der Waals surface area contributed by atoms with Crippen molar-refractivity contribution < 1.29 is 28.2 Å². The van der Waals surface area contributed by atoms with Gasteiger partial charge in [0, 0.05) is 43.7 Å². The fourth-order valence-corrected chi connectivity index (χ4v) is 3.73. The molecule has 12 nitrogen and oxygen atoms in total. The highest BCUT2D eigenvalue weighted by molar-refractivity contribution is 5.97. The van der Waals surface area contributed by atoms with E-state index < -0.39 is 13.0 Å². The molecular formula is C23H22FN7O5. The maximum absolute atomic E-state index is 12.9. The molecule has 2 amide bonds. The molecule has 0 spiro atoms. The summed E-state index contributed by atoms with van der Waals surface area (Å²) in [5.74, 6) is 0.513. The number of carbonyl (C=O) groups is 2. The molecule has 186 valence electrons. The molecule has 0 atom stereocenters. The first-order chi connectivity index (χ1) is 17.5. The third kappa shape index (κ3) is 4.81. The molecule has 1 fully saturated rings. The van der Waals surface area contributed by atoms with E-state index in [0.29, 0.717) is 54.8 Å². The Morgan fingerprint density at radius 3 is 2.83 bits per heavy atom. The molecule has 0 saturated carbocycles. The first-order valence-electron chi connectivity index (χ1n) is 11.1. The lowest BCUT2D eigenvalue weighted by atomic mass is 10.2. The fourth-order valence-electron chi connectivity index (χ4n) is 3.73. The van der Waals surface area contributed by atoms with Crippen molar-refractivity contribution in [2.75, 3.05) is 38.5 Å². The summed E-state index contributed by atoms with van der Waals surface area (Å²) in [5.41, 5.74) is 1.70. The molecule has 1 aliphatic rings. The number of amides is 2. The van der Waals surface area contributed by atoms with Crippen LogP contribution in [0, 0.1) is 0 Å². The molecule has 4 aromatic rings. The molecule has 1 aromatic carbocycles. The first kappa shape index (κ1) is 23.2. The number of morpholine rings is 1. The third-order valence-corrected chi connectivity index (χ3v) is 5.50. The number of hydrogen-bond donors (Lipinski definition) is 1. The van der Waals surface area contributed by atoms with Crippen LogP contribution in [-0.2, 0) is 11.8 Å². The van der Waals surface area contributed by atoms with Crippen molar-refractivity contribution in [1.29, 1.82) is 0 Å². The molecule has 3 aromatic heterocycles. The predicted molar refractivity (Wildman–Crippen MR) is 125 cm³/mol. The van der Waals surface area contributed by atoms with Crippen molar-refractivity contribution in [3.8, 4) is 23.0 Å². The molecule has 4 heterocycles. The average molecular weight is 495 g/mol. The molecule has 0 bridgehead atoms. The van der Waals surface area contributed by atoms with E-state index in [1.54, 1.807) is 54.5 Å². The average Bonchev–Trinajstić information content (AvgIpc) is 3.48. The number of benzene rings is 1. The minimum Gasteiger partial charge on any atom is -0.463 e. The van der Waals surface area contributed by atoms with Crippen molar-refractivity contribution in [1.82, 2.24) is 29.3 Å². The zero-order chi connectivity index (χ0) is 25.1. The van der Waals surface area contributed by atoms with Gasteiger partial charge < -0.3 is 19.1 Å². The number of ether oxygens (including phenoxy) is 3. The number of alkyl halides is 1. The Morgan fingerprint density at radius 2 is 2.03 bits per heavy atom. The van der Waals surface area contributed by atoms with Gasteiger partial charge in [0.1, 0.15) is 11.3 Å². The van der Waals surface area contributed by atoms with Gasteiger partial charge >= 0.3 is 6.09 Å². The maximum Gasteiger partial charge on any atom is 0.418 e. The molecule has 36 heavy (non-hydrogen) atoms. The summed E-state index contributed by atoms with van der Waals surface area (Å²) in [7, 11) is 1.58. The Kier molecular flexibility index (Phi) is 6.45. The van der Waals surface area contributed by atoms with Crippen LogP contribution in [0.4, 0.5) is 14.9 Å². The van der Waals surface area contributed by atoms with Crippen LogP contribution < -0.4 is 14.8 Å². The second-order valence-corrected chi connectivity index (χ2v) is 7.84. The molecule has 0 radical (unpaired) electrons. The molecule has 5 rings (SSSR count). The number of nitrogens with one attached hydrogen (secondary N) is 1. The molecule has 1 N–H and O–H groups in total. The second kappa shape index (κ2) is 10.00. The van der Waals surface area contributed by atoms with Crippen LogP contribution in [0.15, 0.2) is 48.8 Å². The number of anilines is 1. The van der Waals surface area contributed by atoms with E-state index in [0.717, 1.165) is 0 Å². The quantitative estimate of drug-likeness (QED) is 0.433. The second-order valence-electron chi connectivity index (χ2n) is 7.84. The van der Waals surface area contributed by atoms with E-state index in [-0.39, 0.29) is 17.4 Å². The number of rotatable bonds is 6. The van der Waals surface area contributed by atoms with Crippen LogP contribution in [0.2, 0.25) is 0 Å². The highest BCUT2D eigenvalue weighted by Gasteiger charge is 2.26. The lowest BCUT2D eigenvalue weighted by Crippen LogP contribution is -2.40. The van der Waals surface area contributed by atoms with Crippen LogP contribution >= 0.6 is 0 Å². The van der Waals surface area contributed by atoms with Gasteiger partial charge in [-0.15, -0.1) is 5.10 Å². The molecule has 13 heteroatoms. The summed E-state index contributed by atoms with van der Waals surface area (Å²) in [6, 6.07) is 10.00. The lowest BCUT2D eigenvalue weighted by molar-refractivity contribution is 0.0301. The summed E-state index contributed by atoms with van der Waals surface area (Å²) in [4.78, 5) is 31.6. The minimum atomic E-state index is -0.936. The largest absolute Gasteiger partial charge is 0.463 e. The van der Waals surface area contributed by atoms with Crippen LogP contribution in [0.25, 0.3) is 17.0 Å². The first-order valence-corrected chi connectivity index (χ1v) is 11.1. The van der Waals surface area contributed by atoms with Gasteiger partial charge in [-0.1, -0.05) is 12.1 Å². The van der Waals surface area contributed by atoms with E-state index >= 15 is 0 Å². The summed E-state index contributed by atoms with van der Waals surface area (Å²) in [5, 5.41) is 11.1. The van der Waals surface area contributed by atoms with E-state index in [9.17, 15) is 14.0 Å². The normalized spacial score (nSPS) is 13.6. The Morgan fingerprint density at radius 1 is 1.19 bits per heavy atom. The van der Waals surface area contributed by atoms with Gasteiger partial charge in [0.2, 0.25) is 12.7 Å². The zero-order valence-corrected chi connectivity index (χ0v) is 19.3. The van der Waals surface area contributed by atoms with Gasteiger partial charge in [-0.25, -0.2) is 23.4 Å². The van der Waals surface area contributed by atoms with Gasteiger partial charge in [-0.05, 0) is 18.2 Å². The molecule has 0 unspecified atom stereocenters. The summed E-state index contributed by atoms with van der Waals surface area (Å²) in [6.45, 7) is 0.868. The Bertz CT molecular complexity index is 1410.